The topological polar surface area (TPSA) is 93.9 Å². The van der Waals surface area contributed by atoms with Crippen LogP contribution >= 0.6 is 11.6 Å². The third kappa shape index (κ3) is 6.90. The van der Waals surface area contributed by atoms with E-state index in [-0.39, 0.29) is 21.7 Å². The zero-order valence-electron chi connectivity index (χ0n) is 26.5. The lowest BCUT2D eigenvalue weighted by Crippen LogP contribution is -2.59. The normalized spacial score (nSPS) is 17.4. The fourth-order valence-electron chi connectivity index (χ4n) is 5.53. The highest BCUT2D eigenvalue weighted by molar-refractivity contribution is 6.74. The van der Waals surface area contributed by atoms with Crippen LogP contribution in [0.2, 0.25) is 23.4 Å². The first-order valence-corrected chi connectivity index (χ1v) is 18.0. The van der Waals surface area contributed by atoms with Crippen LogP contribution in [0.5, 0.6) is 0 Å². The third-order valence-electron chi connectivity index (χ3n) is 8.95. The van der Waals surface area contributed by atoms with Gasteiger partial charge in [-0.3, -0.25) is 4.79 Å². The van der Waals surface area contributed by atoms with Crippen LogP contribution in [0, 0.1) is 0 Å². The molecule has 1 N–H and O–H groups in total. The summed E-state index contributed by atoms with van der Waals surface area (Å²) < 4.78 is 57.8. The van der Waals surface area contributed by atoms with Crippen LogP contribution in [0.4, 0.5) is 24.5 Å². The Labute approximate surface area is 262 Å². The van der Waals surface area contributed by atoms with Crippen molar-refractivity contribution in [2.45, 2.75) is 102 Å². The van der Waals surface area contributed by atoms with Crippen molar-refractivity contribution in [2.24, 2.45) is 0 Å². The molecule has 14 heteroatoms. The van der Waals surface area contributed by atoms with Crippen molar-refractivity contribution in [1.29, 1.82) is 0 Å². The van der Waals surface area contributed by atoms with Crippen molar-refractivity contribution in [3.05, 3.63) is 47.0 Å². The van der Waals surface area contributed by atoms with E-state index in [1.54, 1.807) is 0 Å². The van der Waals surface area contributed by atoms with Crippen LogP contribution < -0.4 is 5.32 Å². The molecule has 1 aromatic carbocycles. The standard InChI is InChI=1S/C30H42ClF3N6O3Si/c1-19(42-6)23-22(18-35-27-37-26(31)38-40(23)27)36-21-14-12-20(13-15-21)24(30(32,33)34)39(5)25(41)29(16-10-9-11-17-29)43-44(7,8)28(2,3)4/h12-15,18-19,24,36H,9-11,16-17H2,1-8H3/t19-,24-/m0/s1. The number of nitrogens with one attached hydrogen (secondary N) is 1. The lowest BCUT2D eigenvalue weighted by atomic mass is 9.83. The number of fused-ring (bicyclic) bond motifs is 1. The number of hydrogen-bond donors (Lipinski definition) is 1. The van der Waals surface area contributed by atoms with Gasteiger partial charge in [0.05, 0.1) is 23.7 Å². The minimum Gasteiger partial charge on any atom is -0.403 e. The molecule has 3 aromatic rings. The molecule has 2 atom stereocenters. The van der Waals surface area contributed by atoms with Gasteiger partial charge in [0.1, 0.15) is 5.60 Å². The molecule has 1 aliphatic carbocycles. The molecule has 1 aliphatic rings. The highest BCUT2D eigenvalue weighted by atomic mass is 35.5. The largest absolute Gasteiger partial charge is 0.413 e. The Balaban J connectivity index is 1.65. The molecule has 0 bridgehead atoms. The van der Waals surface area contributed by atoms with Gasteiger partial charge in [-0.25, -0.2) is 4.98 Å². The van der Waals surface area contributed by atoms with Crippen LogP contribution in [0.25, 0.3) is 5.78 Å². The Hall–Kier alpha value is -2.74. The number of carbonyl (C=O) groups excluding carboxylic acids is 1. The molecule has 44 heavy (non-hydrogen) atoms. The maximum absolute atomic E-state index is 14.7. The SMILES string of the molecule is CO[C@@H](C)c1c(Nc2ccc([C@H](N(C)C(=O)C3(O[Si](C)(C)C(C)(C)C)CCCCC3)C(F)(F)F)cc2)cnc2nc(Cl)nn12. The summed E-state index contributed by atoms with van der Waals surface area (Å²) >= 11 is 5.99. The number of carbonyl (C=O) groups is 1. The van der Waals surface area contributed by atoms with Gasteiger partial charge in [-0.15, -0.1) is 5.10 Å². The van der Waals surface area contributed by atoms with E-state index in [2.05, 4.69) is 41.2 Å². The van der Waals surface area contributed by atoms with Gasteiger partial charge in [0.15, 0.2) is 14.4 Å². The van der Waals surface area contributed by atoms with Gasteiger partial charge in [0.2, 0.25) is 5.28 Å². The molecule has 0 unspecified atom stereocenters. The number of ether oxygens (including phenoxy) is 1. The Morgan fingerprint density at radius 2 is 1.75 bits per heavy atom. The minimum absolute atomic E-state index is 0.0186. The first kappa shape index (κ1) is 34.1. The molecule has 0 radical (unpaired) electrons. The van der Waals surface area contributed by atoms with E-state index in [9.17, 15) is 18.0 Å². The number of alkyl halides is 3. The van der Waals surface area contributed by atoms with E-state index in [1.807, 2.05) is 20.0 Å². The number of nitrogens with zero attached hydrogens (tertiary/aromatic N) is 5. The fourth-order valence-corrected chi connectivity index (χ4v) is 7.25. The number of anilines is 2. The first-order valence-electron chi connectivity index (χ1n) is 14.8. The second kappa shape index (κ2) is 12.6. The maximum atomic E-state index is 14.7. The fraction of sp³-hybridized carbons (Fsp3) is 0.600. The number of aromatic nitrogens is 4. The molecule has 2 aromatic heterocycles. The third-order valence-corrected chi connectivity index (χ3v) is 13.6. The molecular formula is C30H42ClF3N6O3Si. The molecule has 242 valence electrons. The summed E-state index contributed by atoms with van der Waals surface area (Å²) in [6.45, 7) is 12.1. The lowest BCUT2D eigenvalue weighted by molar-refractivity contribution is -0.197. The molecule has 2 heterocycles. The molecule has 0 aliphatic heterocycles. The van der Waals surface area contributed by atoms with Crippen LogP contribution in [-0.4, -0.2) is 64.6 Å². The zero-order chi connectivity index (χ0) is 32.7. The Morgan fingerprint density at radius 1 is 1.14 bits per heavy atom. The van der Waals surface area contributed by atoms with E-state index >= 15 is 0 Å². The number of methoxy groups -OCH3 is 1. The lowest BCUT2D eigenvalue weighted by Gasteiger charge is -2.48. The molecule has 0 spiro atoms. The Kier molecular flexibility index (Phi) is 9.75. The van der Waals surface area contributed by atoms with Gasteiger partial charge in [0.25, 0.3) is 11.7 Å². The van der Waals surface area contributed by atoms with E-state index in [0.29, 0.717) is 29.9 Å². The van der Waals surface area contributed by atoms with E-state index < -0.39 is 38.1 Å². The van der Waals surface area contributed by atoms with Crippen molar-refractivity contribution in [3.8, 4) is 0 Å². The van der Waals surface area contributed by atoms with Crippen molar-refractivity contribution in [3.63, 3.8) is 0 Å². The number of benzene rings is 1. The average Bonchev–Trinajstić information content (AvgIpc) is 3.32. The molecular weight excluding hydrogens is 613 g/mol. The van der Waals surface area contributed by atoms with Crippen molar-refractivity contribution >= 4 is 43.0 Å². The van der Waals surface area contributed by atoms with Gasteiger partial charge >= 0.3 is 6.18 Å². The summed E-state index contributed by atoms with van der Waals surface area (Å²) in [6.07, 6.45) is -0.401. The van der Waals surface area contributed by atoms with Gasteiger partial charge in [-0.05, 0) is 67.2 Å². The first-order chi connectivity index (χ1) is 20.4. The number of amides is 1. The van der Waals surface area contributed by atoms with E-state index in [0.717, 1.165) is 24.2 Å². The number of hydrogen-bond acceptors (Lipinski definition) is 7. The van der Waals surface area contributed by atoms with Gasteiger partial charge in [-0.2, -0.15) is 22.7 Å². The van der Waals surface area contributed by atoms with Crippen molar-refractivity contribution < 1.29 is 27.1 Å². The van der Waals surface area contributed by atoms with Crippen LogP contribution in [0.15, 0.2) is 30.5 Å². The Morgan fingerprint density at radius 3 is 2.30 bits per heavy atom. The van der Waals surface area contributed by atoms with E-state index in [1.165, 1.54) is 49.1 Å². The average molecular weight is 655 g/mol. The van der Waals surface area contributed by atoms with Crippen LogP contribution in [-0.2, 0) is 14.0 Å². The predicted octanol–water partition coefficient (Wildman–Crippen LogP) is 8.02. The van der Waals surface area contributed by atoms with Gasteiger partial charge in [-0.1, -0.05) is 52.2 Å². The smallest absolute Gasteiger partial charge is 0.403 e. The number of halogens is 4. The minimum atomic E-state index is -4.71. The molecule has 1 fully saturated rings. The van der Waals surface area contributed by atoms with Crippen LogP contribution in [0.1, 0.15) is 83.2 Å². The molecule has 9 nitrogen and oxygen atoms in total. The molecule has 1 saturated carbocycles. The quantitative estimate of drug-likeness (QED) is 0.234. The Bertz CT molecular complexity index is 1470. The second-order valence-electron chi connectivity index (χ2n) is 13.1. The summed E-state index contributed by atoms with van der Waals surface area (Å²) in [4.78, 5) is 23.3. The highest BCUT2D eigenvalue weighted by Crippen LogP contribution is 2.46. The summed E-state index contributed by atoms with van der Waals surface area (Å²) in [6, 6.07) is 3.68. The zero-order valence-corrected chi connectivity index (χ0v) is 28.3. The molecule has 4 rings (SSSR count). The molecule has 1 amide bonds. The van der Waals surface area contributed by atoms with Crippen molar-refractivity contribution in [2.75, 3.05) is 19.5 Å². The second-order valence-corrected chi connectivity index (χ2v) is 18.1. The summed E-state index contributed by atoms with van der Waals surface area (Å²) in [5, 5.41) is 7.19. The maximum Gasteiger partial charge on any atom is 0.413 e. The van der Waals surface area contributed by atoms with Crippen LogP contribution in [0.3, 0.4) is 0 Å². The number of likely N-dealkylation sites (N-methyl/N-ethyl adjacent to an activating group) is 1. The monoisotopic (exact) mass is 654 g/mol. The highest BCUT2D eigenvalue weighted by Gasteiger charge is 2.54. The van der Waals surface area contributed by atoms with Gasteiger partial charge < -0.3 is 19.4 Å². The van der Waals surface area contributed by atoms with Gasteiger partial charge in [0, 0.05) is 19.8 Å². The van der Waals surface area contributed by atoms with Crippen molar-refractivity contribution in [1.82, 2.24) is 24.5 Å². The summed E-state index contributed by atoms with van der Waals surface area (Å²) in [7, 11) is 0.298. The molecule has 0 saturated heterocycles. The summed E-state index contributed by atoms with van der Waals surface area (Å²) in [5.74, 6) is -0.334. The summed E-state index contributed by atoms with van der Waals surface area (Å²) in [5.41, 5.74) is 0.275. The number of rotatable bonds is 9. The van der Waals surface area contributed by atoms with E-state index in [4.69, 9.17) is 20.8 Å². The predicted molar refractivity (Wildman–Crippen MR) is 167 cm³/mol.